The molecule has 0 heterocycles. The molecule has 0 N–H and O–H groups in total. The Morgan fingerprint density at radius 1 is 1.04 bits per heavy atom. The van der Waals surface area contributed by atoms with Gasteiger partial charge in [0.1, 0.15) is 0 Å². The van der Waals surface area contributed by atoms with Crippen molar-refractivity contribution >= 4 is 22.6 Å². The molecule has 1 heteroatoms. The lowest BCUT2D eigenvalue weighted by molar-refractivity contribution is 0.647. The smallest absolute Gasteiger partial charge is 0.0165 e. The van der Waals surface area contributed by atoms with E-state index in [1.165, 1.54) is 37.0 Å². The van der Waals surface area contributed by atoms with Gasteiger partial charge in [-0.05, 0) is 62.9 Å². The molecule has 0 saturated carbocycles. The molecule has 2 atom stereocenters. The maximum absolute atomic E-state index is 4.16. The van der Waals surface area contributed by atoms with E-state index >= 15 is 0 Å². The van der Waals surface area contributed by atoms with Crippen LogP contribution in [0.3, 0.4) is 0 Å². The van der Waals surface area contributed by atoms with E-state index in [-0.39, 0.29) is 5.41 Å². The van der Waals surface area contributed by atoms with Crippen LogP contribution in [-0.4, -0.2) is 0 Å². The van der Waals surface area contributed by atoms with Crippen molar-refractivity contribution < 1.29 is 0 Å². The maximum atomic E-state index is 4.16. The molecule has 0 radical (unpaired) electrons. The van der Waals surface area contributed by atoms with Crippen LogP contribution < -0.4 is 0 Å². The van der Waals surface area contributed by atoms with Crippen LogP contribution in [0, 0.1) is 5.92 Å². The number of hydrogen-bond acceptors (Lipinski definition) is 0. The summed E-state index contributed by atoms with van der Waals surface area (Å²) in [6.45, 7) is 10.9. The lowest BCUT2D eigenvalue weighted by Crippen LogP contribution is -2.17. The predicted octanol–water partition coefficient (Wildman–Crippen LogP) is 7.71. The molecule has 1 unspecified atom stereocenters. The van der Waals surface area contributed by atoms with E-state index < -0.39 is 0 Å². The van der Waals surface area contributed by atoms with E-state index in [1.807, 2.05) is 0 Å². The summed E-state index contributed by atoms with van der Waals surface area (Å²) >= 11 is 2.44. The van der Waals surface area contributed by atoms with Gasteiger partial charge in [-0.15, -0.1) is 6.58 Å². The molecule has 0 fully saturated rings. The summed E-state index contributed by atoms with van der Waals surface area (Å²) in [7, 11) is 0. The van der Waals surface area contributed by atoms with Gasteiger partial charge in [0.25, 0.3) is 0 Å². The standard InChI is InChI=1S/C26H25I/c1-5-9-22-18(6-2)19(14-15-25(22)27)17-12-13-21-20-10-7-8-11-23(20)26(3,4)24(21)16-17/h5-16,18-19H,2H2,1,3-4H3/b9-5-/t18?,19-/m0/s1. The first-order valence-electron chi connectivity index (χ1n) is 9.56. The third kappa shape index (κ3) is 2.87. The first kappa shape index (κ1) is 18.5. The molecule has 0 amide bonds. The molecule has 2 aromatic carbocycles. The van der Waals surface area contributed by atoms with E-state index in [9.17, 15) is 0 Å². The van der Waals surface area contributed by atoms with Gasteiger partial charge < -0.3 is 0 Å². The normalized spacial score (nSPS) is 22.8. The van der Waals surface area contributed by atoms with Gasteiger partial charge in [-0.1, -0.05) is 86.7 Å². The highest BCUT2D eigenvalue weighted by atomic mass is 127. The molecule has 136 valence electrons. The molecular formula is C26H25I. The Kier molecular flexibility index (Phi) is 4.75. The Balaban J connectivity index is 1.81. The van der Waals surface area contributed by atoms with Crippen LogP contribution in [0.4, 0.5) is 0 Å². The highest BCUT2D eigenvalue weighted by molar-refractivity contribution is 14.1. The molecule has 0 spiro atoms. The van der Waals surface area contributed by atoms with Crippen LogP contribution in [0.1, 0.15) is 43.4 Å². The molecule has 27 heavy (non-hydrogen) atoms. The van der Waals surface area contributed by atoms with Crippen molar-refractivity contribution in [1.29, 1.82) is 0 Å². The van der Waals surface area contributed by atoms with Crippen LogP contribution >= 0.6 is 22.6 Å². The molecular weight excluding hydrogens is 439 g/mol. The van der Waals surface area contributed by atoms with Crippen LogP contribution in [0.25, 0.3) is 11.1 Å². The Hall–Kier alpha value is -1.87. The average molecular weight is 464 g/mol. The van der Waals surface area contributed by atoms with Crippen molar-refractivity contribution in [3.8, 4) is 11.1 Å². The van der Waals surface area contributed by atoms with Crippen molar-refractivity contribution in [2.45, 2.75) is 32.1 Å². The number of allylic oxidation sites excluding steroid dienone is 7. The fraction of sp³-hybridized carbons (Fsp3) is 0.231. The minimum absolute atomic E-state index is 0.0421. The average Bonchev–Trinajstić information content (AvgIpc) is 2.91. The fourth-order valence-corrected chi connectivity index (χ4v) is 5.40. The Labute approximate surface area is 176 Å². The minimum atomic E-state index is 0.0421. The van der Waals surface area contributed by atoms with Gasteiger partial charge in [0.15, 0.2) is 0 Å². The number of halogens is 1. The second-order valence-corrected chi connectivity index (χ2v) is 9.09. The van der Waals surface area contributed by atoms with Gasteiger partial charge in [0, 0.05) is 20.8 Å². The molecule has 2 aliphatic carbocycles. The van der Waals surface area contributed by atoms with Crippen LogP contribution in [-0.2, 0) is 5.41 Å². The number of hydrogen-bond donors (Lipinski definition) is 0. The fourth-order valence-electron chi connectivity index (χ4n) is 4.65. The van der Waals surface area contributed by atoms with Crippen molar-refractivity contribution in [2.75, 3.05) is 0 Å². The van der Waals surface area contributed by atoms with Gasteiger partial charge in [-0.2, -0.15) is 0 Å². The maximum Gasteiger partial charge on any atom is 0.0165 e. The molecule has 0 bridgehead atoms. The van der Waals surface area contributed by atoms with Crippen LogP contribution in [0.2, 0.25) is 0 Å². The molecule has 0 saturated heterocycles. The van der Waals surface area contributed by atoms with E-state index in [0.29, 0.717) is 11.8 Å². The number of rotatable bonds is 3. The summed E-state index contributed by atoms with van der Waals surface area (Å²) in [6.07, 6.45) is 11.1. The van der Waals surface area contributed by atoms with Crippen molar-refractivity contribution in [2.24, 2.45) is 5.92 Å². The summed E-state index contributed by atoms with van der Waals surface area (Å²) in [4.78, 5) is 0. The summed E-state index contributed by atoms with van der Waals surface area (Å²) in [5.74, 6) is 0.639. The van der Waals surface area contributed by atoms with E-state index in [0.717, 1.165) is 0 Å². The quantitative estimate of drug-likeness (QED) is 0.322. The topological polar surface area (TPSA) is 0 Å². The molecule has 4 rings (SSSR count). The molecule has 2 aliphatic rings. The summed E-state index contributed by atoms with van der Waals surface area (Å²) in [6, 6.07) is 15.9. The highest BCUT2D eigenvalue weighted by Crippen LogP contribution is 2.50. The first-order chi connectivity index (χ1) is 13.0. The number of benzene rings is 2. The molecule has 2 aromatic rings. The summed E-state index contributed by atoms with van der Waals surface area (Å²) in [5, 5.41) is 0. The largest absolute Gasteiger partial charge is 0.102 e. The number of fused-ring (bicyclic) bond motifs is 3. The monoisotopic (exact) mass is 464 g/mol. The van der Waals surface area contributed by atoms with E-state index in [1.54, 1.807) is 0 Å². The Morgan fingerprint density at radius 3 is 2.52 bits per heavy atom. The van der Waals surface area contributed by atoms with Gasteiger partial charge in [-0.3, -0.25) is 0 Å². The van der Waals surface area contributed by atoms with Gasteiger partial charge in [0.05, 0.1) is 0 Å². The zero-order chi connectivity index (χ0) is 19.2. The van der Waals surface area contributed by atoms with Crippen LogP contribution in [0.15, 0.2) is 88.6 Å². The zero-order valence-electron chi connectivity index (χ0n) is 16.2. The molecule has 0 aromatic heterocycles. The Morgan fingerprint density at radius 2 is 1.78 bits per heavy atom. The summed E-state index contributed by atoms with van der Waals surface area (Å²) < 4.78 is 1.31. The van der Waals surface area contributed by atoms with E-state index in [2.05, 4.69) is 123 Å². The lowest BCUT2D eigenvalue weighted by atomic mass is 9.76. The third-order valence-electron chi connectivity index (χ3n) is 6.06. The second-order valence-electron chi connectivity index (χ2n) is 7.93. The molecule has 0 nitrogen and oxygen atoms in total. The zero-order valence-corrected chi connectivity index (χ0v) is 18.3. The minimum Gasteiger partial charge on any atom is -0.102 e. The second kappa shape index (κ2) is 6.94. The van der Waals surface area contributed by atoms with Crippen molar-refractivity contribution in [3.63, 3.8) is 0 Å². The molecule has 0 aliphatic heterocycles. The summed E-state index contributed by atoms with van der Waals surface area (Å²) in [5.41, 5.74) is 8.42. The Bertz CT molecular complexity index is 1000. The van der Waals surface area contributed by atoms with Gasteiger partial charge >= 0.3 is 0 Å². The SMILES string of the molecule is C=CC1C(/C=C\C)=C(I)C=C[C@H]1c1ccc2c(c1)C(C)(C)c1ccccc1-2. The van der Waals surface area contributed by atoms with Crippen LogP contribution in [0.5, 0.6) is 0 Å². The van der Waals surface area contributed by atoms with Crippen molar-refractivity contribution in [3.05, 3.63) is 105 Å². The van der Waals surface area contributed by atoms with Gasteiger partial charge in [0.2, 0.25) is 0 Å². The lowest BCUT2D eigenvalue weighted by Gasteiger charge is -2.29. The highest BCUT2D eigenvalue weighted by Gasteiger charge is 2.36. The first-order valence-corrected chi connectivity index (χ1v) is 10.6. The van der Waals surface area contributed by atoms with Gasteiger partial charge in [-0.25, -0.2) is 0 Å². The predicted molar refractivity (Wildman–Crippen MR) is 125 cm³/mol. The third-order valence-corrected chi connectivity index (χ3v) is 7.05. The van der Waals surface area contributed by atoms with Crippen molar-refractivity contribution in [1.82, 2.24) is 0 Å². The van der Waals surface area contributed by atoms with E-state index in [4.69, 9.17) is 0 Å².